The van der Waals surface area contributed by atoms with E-state index in [9.17, 15) is 9.59 Å². The molecular formula is C11H22N2O2S. The average Bonchev–Trinajstić information content (AvgIpc) is 2.23. The van der Waals surface area contributed by atoms with Crippen LogP contribution in [0.1, 0.15) is 26.7 Å². The van der Waals surface area contributed by atoms with Gasteiger partial charge < -0.3 is 15.8 Å². The molecule has 0 aliphatic heterocycles. The molecule has 0 aliphatic rings. The van der Waals surface area contributed by atoms with Crippen LogP contribution in [0.15, 0.2) is 0 Å². The van der Waals surface area contributed by atoms with Crippen LogP contribution in [-0.4, -0.2) is 36.3 Å². The number of thioether (sulfide) groups is 1. The third-order valence-corrected chi connectivity index (χ3v) is 2.83. The molecule has 0 aliphatic carbocycles. The zero-order valence-corrected chi connectivity index (χ0v) is 11.0. The van der Waals surface area contributed by atoms with Crippen LogP contribution >= 0.6 is 11.8 Å². The third-order valence-electron chi connectivity index (χ3n) is 2.19. The first-order chi connectivity index (χ1) is 7.51. The first-order valence-corrected chi connectivity index (χ1v) is 6.90. The van der Waals surface area contributed by atoms with Crippen LogP contribution < -0.4 is 11.1 Å². The molecule has 0 radical (unpaired) electrons. The number of carbonyl (C=O) groups is 2. The number of hydrogen-bond donors (Lipinski definition) is 2. The number of carbonyl (C=O) groups excluding carboxylic acids is 2. The van der Waals surface area contributed by atoms with Crippen LogP contribution in [0.3, 0.4) is 0 Å². The Kier molecular flexibility index (Phi) is 8.29. The Labute approximate surface area is 102 Å². The molecule has 4 nitrogen and oxygen atoms in total. The second kappa shape index (κ2) is 8.58. The number of rotatable bonds is 8. The summed E-state index contributed by atoms with van der Waals surface area (Å²) in [6, 6.07) is -0.921. The topological polar surface area (TPSA) is 72.2 Å². The van der Waals surface area contributed by atoms with Crippen molar-refractivity contribution in [2.75, 3.05) is 12.0 Å². The highest BCUT2D eigenvalue weighted by Crippen LogP contribution is 2.04. The van der Waals surface area contributed by atoms with E-state index >= 15 is 0 Å². The zero-order chi connectivity index (χ0) is 12.6. The highest BCUT2D eigenvalue weighted by molar-refractivity contribution is 7.98. The molecule has 16 heavy (non-hydrogen) atoms. The molecule has 0 rings (SSSR count). The monoisotopic (exact) mass is 246 g/mol. The maximum Gasteiger partial charge on any atom is 0.237 e. The lowest BCUT2D eigenvalue weighted by Crippen LogP contribution is -2.46. The summed E-state index contributed by atoms with van der Waals surface area (Å²) in [5.41, 5.74) is 5.70. The molecule has 0 fully saturated rings. The van der Waals surface area contributed by atoms with Crippen molar-refractivity contribution in [3.63, 3.8) is 0 Å². The first-order valence-electron chi connectivity index (χ1n) is 5.51. The van der Waals surface area contributed by atoms with Crippen LogP contribution in [0, 0.1) is 5.92 Å². The molecule has 1 amide bonds. The van der Waals surface area contributed by atoms with E-state index in [0.29, 0.717) is 18.8 Å². The van der Waals surface area contributed by atoms with Gasteiger partial charge in [-0.25, -0.2) is 0 Å². The standard InChI is InChI=1S/C11H22N2O2S/c1-8(2)6-9(7-14)13-11(15)10(12)4-5-16-3/h7-10H,4-6,12H2,1-3H3,(H,13,15)/t9-,10-/m0/s1. The normalized spacial score (nSPS) is 14.6. The molecule has 0 unspecified atom stereocenters. The summed E-state index contributed by atoms with van der Waals surface area (Å²) >= 11 is 1.65. The van der Waals surface area contributed by atoms with Gasteiger partial charge in [0.1, 0.15) is 6.29 Å². The third kappa shape index (κ3) is 6.85. The Morgan fingerprint density at radius 2 is 2.12 bits per heavy atom. The fourth-order valence-electron chi connectivity index (χ4n) is 1.32. The molecule has 0 bridgehead atoms. The van der Waals surface area contributed by atoms with E-state index in [4.69, 9.17) is 5.73 Å². The summed E-state index contributed by atoms with van der Waals surface area (Å²) in [5.74, 6) is 0.995. The van der Waals surface area contributed by atoms with E-state index in [2.05, 4.69) is 5.32 Å². The van der Waals surface area contributed by atoms with E-state index < -0.39 is 12.1 Å². The van der Waals surface area contributed by atoms with Crippen molar-refractivity contribution >= 4 is 24.0 Å². The SMILES string of the molecule is CSCC[C@H](N)C(=O)N[C@H](C=O)CC(C)C. The highest BCUT2D eigenvalue weighted by atomic mass is 32.2. The molecule has 0 saturated carbocycles. The van der Waals surface area contributed by atoms with Gasteiger partial charge in [0.05, 0.1) is 12.1 Å². The molecule has 0 aromatic carbocycles. The van der Waals surface area contributed by atoms with Gasteiger partial charge in [0, 0.05) is 0 Å². The van der Waals surface area contributed by atoms with Crippen LogP contribution in [0.25, 0.3) is 0 Å². The van der Waals surface area contributed by atoms with Gasteiger partial charge in [0.15, 0.2) is 0 Å². The lowest BCUT2D eigenvalue weighted by atomic mass is 10.0. The van der Waals surface area contributed by atoms with Crippen LogP contribution in [0.4, 0.5) is 0 Å². The van der Waals surface area contributed by atoms with Crippen molar-refractivity contribution in [2.24, 2.45) is 11.7 Å². The summed E-state index contributed by atoms with van der Waals surface area (Å²) in [5, 5.41) is 2.67. The lowest BCUT2D eigenvalue weighted by Gasteiger charge is -2.17. The Bertz CT molecular complexity index is 222. The largest absolute Gasteiger partial charge is 0.345 e. The quantitative estimate of drug-likeness (QED) is 0.621. The van der Waals surface area contributed by atoms with Crippen LogP contribution in [-0.2, 0) is 9.59 Å². The molecule has 3 N–H and O–H groups in total. The Balaban J connectivity index is 4.03. The Morgan fingerprint density at radius 3 is 2.56 bits per heavy atom. The van der Waals surface area contributed by atoms with Crippen molar-refractivity contribution in [1.82, 2.24) is 5.32 Å². The number of amides is 1. The number of nitrogens with one attached hydrogen (secondary N) is 1. The first kappa shape index (κ1) is 15.4. The molecule has 0 spiro atoms. The van der Waals surface area contributed by atoms with Crippen molar-refractivity contribution < 1.29 is 9.59 Å². The average molecular weight is 246 g/mol. The zero-order valence-electron chi connectivity index (χ0n) is 10.2. The van der Waals surface area contributed by atoms with Crippen molar-refractivity contribution in [1.29, 1.82) is 0 Å². The van der Waals surface area contributed by atoms with Crippen LogP contribution in [0.2, 0.25) is 0 Å². The molecule has 0 saturated heterocycles. The summed E-state index contributed by atoms with van der Waals surface area (Å²) in [6.07, 6.45) is 4.04. The molecule has 2 atom stereocenters. The lowest BCUT2D eigenvalue weighted by molar-refractivity contribution is -0.125. The number of aldehydes is 1. The van der Waals surface area contributed by atoms with Crippen molar-refractivity contribution in [3.8, 4) is 0 Å². The predicted molar refractivity (Wildman–Crippen MR) is 68.4 cm³/mol. The fraction of sp³-hybridized carbons (Fsp3) is 0.818. The Hall–Kier alpha value is -0.550. The van der Waals surface area contributed by atoms with E-state index in [1.807, 2.05) is 20.1 Å². The van der Waals surface area contributed by atoms with Gasteiger partial charge in [0.2, 0.25) is 5.91 Å². The maximum atomic E-state index is 11.6. The molecule has 94 valence electrons. The van der Waals surface area contributed by atoms with E-state index in [-0.39, 0.29) is 5.91 Å². The Morgan fingerprint density at radius 1 is 1.50 bits per heavy atom. The second-order valence-electron chi connectivity index (χ2n) is 4.27. The molecule has 0 aromatic heterocycles. The predicted octanol–water partition coefficient (Wildman–Crippen LogP) is 0.797. The minimum Gasteiger partial charge on any atom is -0.345 e. The van der Waals surface area contributed by atoms with Crippen LogP contribution in [0.5, 0.6) is 0 Å². The van der Waals surface area contributed by atoms with Crippen molar-refractivity contribution in [3.05, 3.63) is 0 Å². The maximum absolute atomic E-state index is 11.6. The summed E-state index contributed by atoms with van der Waals surface area (Å²) < 4.78 is 0. The summed E-state index contributed by atoms with van der Waals surface area (Å²) in [4.78, 5) is 22.3. The number of nitrogens with two attached hydrogens (primary N) is 1. The number of hydrogen-bond acceptors (Lipinski definition) is 4. The highest BCUT2D eigenvalue weighted by Gasteiger charge is 2.17. The van der Waals surface area contributed by atoms with Gasteiger partial charge >= 0.3 is 0 Å². The van der Waals surface area contributed by atoms with Gasteiger partial charge in [-0.3, -0.25) is 4.79 Å². The molecule has 5 heteroatoms. The van der Waals surface area contributed by atoms with Gasteiger partial charge in [-0.2, -0.15) is 11.8 Å². The van der Waals surface area contributed by atoms with Crippen molar-refractivity contribution in [2.45, 2.75) is 38.8 Å². The van der Waals surface area contributed by atoms with Gasteiger partial charge in [-0.1, -0.05) is 13.8 Å². The van der Waals surface area contributed by atoms with Gasteiger partial charge in [-0.15, -0.1) is 0 Å². The fourth-order valence-corrected chi connectivity index (χ4v) is 1.81. The van der Waals surface area contributed by atoms with E-state index in [0.717, 1.165) is 12.0 Å². The molecular weight excluding hydrogens is 224 g/mol. The smallest absolute Gasteiger partial charge is 0.237 e. The minimum atomic E-state index is -0.512. The van der Waals surface area contributed by atoms with E-state index in [1.54, 1.807) is 11.8 Å². The van der Waals surface area contributed by atoms with Gasteiger partial charge in [-0.05, 0) is 30.8 Å². The summed E-state index contributed by atoms with van der Waals surface area (Å²) in [6.45, 7) is 4.02. The second-order valence-corrected chi connectivity index (χ2v) is 5.25. The molecule has 0 heterocycles. The van der Waals surface area contributed by atoms with E-state index in [1.165, 1.54) is 0 Å². The molecule has 0 aromatic rings. The van der Waals surface area contributed by atoms with Gasteiger partial charge in [0.25, 0.3) is 0 Å². The summed E-state index contributed by atoms with van der Waals surface area (Å²) in [7, 11) is 0. The minimum absolute atomic E-state index is 0.230.